The lowest BCUT2D eigenvalue weighted by Gasteiger charge is -2.27. The molecule has 0 saturated carbocycles. The minimum Gasteiger partial charge on any atom is -0.479 e. The third-order valence-corrected chi connectivity index (χ3v) is 6.98. The highest BCUT2D eigenvalue weighted by Gasteiger charge is 2.32. The lowest BCUT2D eigenvalue weighted by molar-refractivity contribution is -0.148. The first-order valence-electron chi connectivity index (χ1n) is 9.84. The van der Waals surface area contributed by atoms with Crippen LogP contribution in [-0.4, -0.2) is 54.6 Å². The maximum Gasteiger partial charge on any atom is 0.331 e. The molecular formula is C22H24N4O5S. The number of hydrogen-bond donors (Lipinski definition) is 3. The van der Waals surface area contributed by atoms with Crippen LogP contribution in [0, 0.1) is 0 Å². The Balaban J connectivity index is 1.83. The van der Waals surface area contributed by atoms with E-state index in [0.717, 1.165) is 15.7 Å². The Morgan fingerprint density at radius 3 is 2.59 bits per heavy atom. The fraction of sp³-hybridized carbons (Fsp3) is 0.227. The van der Waals surface area contributed by atoms with Gasteiger partial charge in [-0.3, -0.25) is 4.79 Å². The van der Waals surface area contributed by atoms with Gasteiger partial charge in [0.15, 0.2) is 15.9 Å². The molecule has 0 saturated heterocycles. The van der Waals surface area contributed by atoms with E-state index in [1.165, 1.54) is 32.2 Å². The summed E-state index contributed by atoms with van der Waals surface area (Å²) in [7, 11) is -2.34. The molecule has 0 aliphatic heterocycles. The first-order valence-corrected chi connectivity index (χ1v) is 11.5. The average Bonchev–Trinajstić information content (AvgIpc) is 2.77. The second-order valence-corrected chi connectivity index (χ2v) is 9.42. The molecule has 0 spiro atoms. The molecule has 0 aliphatic carbocycles. The van der Waals surface area contributed by atoms with Gasteiger partial charge in [0, 0.05) is 29.9 Å². The standard InChI is InChI=1S/C22H24N4O5S/c1-3-32(30,31)18-7-5-4-6-17(18)20(22(28)29)26(2)19(27)13-25-15-8-9-16-14(12-15)10-11-24-21(16)23/h4-12,20,25H,3,13H2,1-2H3,(H2,23,24)(H,28,29)/t20-/m0/s1. The second kappa shape index (κ2) is 9.23. The van der Waals surface area contributed by atoms with Gasteiger partial charge in [-0.2, -0.15) is 0 Å². The molecular weight excluding hydrogens is 432 g/mol. The Labute approximate surface area is 185 Å². The van der Waals surface area contributed by atoms with E-state index in [1.54, 1.807) is 36.5 Å². The monoisotopic (exact) mass is 456 g/mol. The third-order valence-electron chi connectivity index (χ3n) is 5.18. The molecule has 1 amide bonds. The number of amides is 1. The summed E-state index contributed by atoms with van der Waals surface area (Å²) in [5.74, 6) is -1.63. The highest BCUT2D eigenvalue weighted by molar-refractivity contribution is 7.91. The number of carbonyl (C=O) groups is 2. The van der Waals surface area contributed by atoms with Crippen LogP contribution in [0.15, 0.2) is 59.6 Å². The van der Waals surface area contributed by atoms with Crippen LogP contribution in [0.1, 0.15) is 18.5 Å². The van der Waals surface area contributed by atoms with Crippen molar-refractivity contribution >= 4 is 44.0 Å². The van der Waals surface area contributed by atoms with Crippen molar-refractivity contribution in [2.75, 3.05) is 30.4 Å². The van der Waals surface area contributed by atoms with Crippen molar-refractivity contribution in [1.29, 1.82) is 0 Å². The number of nitrogens with one attached hydrogen (secondary N) is 1. The van der Waals surface area contributed by atoms with Crippen LogP contribution in [0.3, 0.4) is 0 Å². The van der Waals surface area contributed by atoms with Crippen LogP contribution in [0.2, 0.25) is 0 Å². The van der Waals surface area contributed by atoms with Crippen molar-refractivity contribution in [3.8, 4) is 0 Å². The van der Waals surface area contributed by atoms with Crippen LogP contribution in [-0.2, 0) is 19.4 Å². The zero-order chi connectivity index (χ0) is 23.5. The van der Waals surface area contributed by atoms with Crippen LogP contribution < -0.4 is 11.1 Å². The molecule has 3 rings (SSSR count). The van der Waals surface area contributed by atoms with Crippen molar-refractivity contribution in [1.82, 2.24) is 9.88 Å². The number of nitrogens with zero attached hydrogens (tertiary/aromatic N) is 2. The molecule has 0 radical (unpaired) electrons. The second-order valence-electron chi connectivity index (χ2n) is 7.17. The maximum absolute atomic E-state index is 12.8. The fourth-order valence-corrected chi connectivity index (χ4v) is 4.55. The summed E-state index contributed by atoms with van der Waals surface area (Å²) in [6.45, 7) is 1.29. The van der Waals surface area contributed by atoms with E-state index >= 15 is 0 Å². The summed E-state index contributed by atoms with van der Waals surface area (Å²) < 4.78 is 24.9. The normalized spacial score (nSPS) is 12.3. The van der Waals surface area contributed by atoms with Gasteiger partial charge in [-0.25, -0.2) is 18.2 Å². The molecule has 3 aromatic rings. The van der Waals surface area contributed by atoms with Crippen molar-refractivity contribution in [3.63, 3.8) is 0 Å². The lowest BCUT2D eigenvalue weighted by Crippen LogP contribution is -2.39. The van der Waals surface area contributed by atoms with E-state index in [1.807, 2.05) is 0 Å². The summed E-state index contributed by atoms with van der Waals surface area (Å²) in [5.41, 5.74) is 6.54. The molecule has 0 bridgehead atoms. The zero-order valence-corrected chi connectivity index (χ0v) is 18.5. The summed E-state index contributed by atoms with van der Waals surface area (Å²) in [4.78, 5) is 29.8. The molecule has 0 fully saturated rings. The molecule has 168 valence electrons. The number of fused-ring (bicyclic) bond motifs is 1. The Kier molecular flexibility index (Phi) is 6.64. The van der Waals surface area contributed by atoms with Gasteiger partial charge in [-0.1, -0.05) is 25.1 Å². The largest absolute Gasteiger partial charge is 0.479 e. The lowest BCUT2D eigenvalue weighted by atomic mass is 10.1. The molecule has 1 atom stereocenters. The Morgan fingerprint density at radius 2 is 1.91 bits per heavy atom. The number of aromatic nitrogens is 1. The average molecular weight is 457 g/mol. The smallest absolute Gasteiger partial charge is 0.331 e. The van der Waals surface area contributed by atoms with Crippen molar-refractivity contribution in [2.45, 2.75) is 17.9 Å². The minimum atomic E-state index is -3.68. The number of nitrogens with two attached hydrogens (primary N) is 1. The number of nitrogen functional groups attached to an aromatic ring is 1. The topological polar surface area (TPSA) is 143 Å². The van der Waals surface area contributed by atoms with Gasteiger partial charge in [0.2, 0.25) is 5.91 Å². The Morgan fingerprint density at radius 1 is 1.19 bits per heavy atom. The van der Waals surface area contributed by atoms with E-state index in [2.05, 4.69) is 10.3 Å². The summed E-state index contributed by atoms with van der Waals surface area (Å²) in [5, 5.41) is 14.4. The summed E-state index contributed by atoms with van der Waals surface area (Å²) in [6, 6.07) is 11.5. The van der Waals surface area contributed by atoms with Gasteiger partial charge in [0.05, 0.1) is 17.2 Å². The van der Waals surface area contributed by atoms with Gasteiger partial charge >= 0.3 is 5.97 Å². The number of carboxylic acids is 1. The molecule has 0 aliphatic rings. The van der Waals surface area contributed by atoms with E-state index < -0.39 is 27.8 Å². The SMILES string of the molecule is CCS(=O)(=O)c1ccccc1[C@@H](C(=O)O)N(C)C(=O)CNc1ccc2c(N)nccc2c1. The molecule has 9 nitrogen and oxygen atoms in total. The van der Waals surface area contributed by atoms with Gasteiger partial charge in [-0.15, -0.1) is 0 Å². The van der Waals surface area contributed by atoms with Crippen LogP contribution in [0.5, 0.6) is 0 Å². The highest BCUT2D eigenvalue weighted by Crippen LogP contribution is 2.28. The number of pyridine rings is 1. The molecule has 1 aromatic heterocycles. The number of carbonyl (C=O) groups excluding carboxylic acids is 1. The zero-order valence-electron chi connectivity index (χ0n) is 17.6. The van der Waals surface area contributed by atoms with E-state index in [4.69, 9.17) is 5.73 Å². The Hall–Kier alpha value is -3.66. The van der Waals surface area contributed by atoms with E-state index in [9.17, 15) is 23.1 Å². The predicted molar refractivity (Wildman–Crippen MR) is 122 cm³/mol. The Bertz CT molecular complexity index is 1280. The summed E-state index contributed by atoms with van der Waals surface area (Å²) >= 11 is 0. The number of benzene rings is 2. The predicted octanol–water partition coefficient (Wildman–Crippen LogP) is 2.31. The van der Waals surface area contributed by atoms with Gasteiger partial charge in [-0.05, 0) is 35.7 Å². The number of likely N-dealkylation sites (N-methyl/N-ethyl adjacent to an activating group) is 1. The quantitative estimate of drug-likeness (QED) is 0.469. The number of rotatable bonds is 8. The van der Waals surface area contributed by atoms with Crippen molar-refractivity contribution in [3.05, 3.63) is 60.3 Å². The third kappa shape index (κ3) is 4.65. The number of carboxylic acid groups (broad SMARTS) is 1. The maximum atomic E-state index is 12.8. The first-order chi connectivity index (χ1) is 15.2. The molecule has 10 heteroatoms. The van der Waals surface area contributed by atoms with Crippen molar-refractivity contribution in [2.24, 2.45) is 0 Å². The van der Waals surface area contributed by atoms with E-state index in [-0.39, 0.29) is 22.8 Å². The highest BCUT2D eigenvalue weighted by atomic mass is 32.2. The van der Waals surface area contributed by atoms with Crippen LogP contribution in [0.25, 0.3) is 10.8 Å². The van der Waals surface area contributed by atoms with Crippen LogP contribution in [0.4, 0.5) is 11.5 Å². The van der Waals surface area contributed by atoms with E-state index in [0.29, 0.717) is 11.5 Å². The number of aliphatic carboxylic acids is 1. The van der Waals surface area contributed by atoms with Gasteiger partial charge in [0.25, 0.3) is 0 Å². The molecule has 0 unspecified atom stereocenters. The fourth-order valence-electron chi connectivity index (χ4n) is 3.41. The van der Waals surface area contributed by atoms with Gasteiger partial charge in [0.1, 0.15) is 5.82 Å². The molecule has 32 heavy (non-hydrogen) atoms. The summed E-state index contributed by atoms with van der Waals surface area (Å²) in [6.07, 6.45) is 1.58. The minimum absolute atomic E-state index is 0.0476. The number of sulfone groups is 1. The van der Waals surface area contributed by atoms with Crippen molar-refractivity contribution < 1.29 is 23.1 Å². The first kappa shape index (κ1) is 23.0. The number of hydrogen-bond acceptors (Lipinski definition) is 7. The molecule has 2 aromatic carbocycles. The van der Waals surface area contributed by atoms with Gasteiger partial charge < -0.3 is 21.1 Å². The van der Waals surface area contributed by atoms with Crippen LogP contribution >= 0.6 is 0 Å². The molecule has 1 heterocycles. The molecule has 4 N–H and O–H groups in total. The number of anilines is 2.